The number of halogens is 3. The van der Waals surface area contributed by atoms with Gasteiger partial charge in [0, 0.05) is 18.5 Å². The Morgan fingerprint density at radius 2 is 1.82 bits per heavy atom. The van der Waals surface area contributed by atoms with Crippen LogP contribution in [0.5, 0.6) is 0 Å². The van der Waals surface area contributed by atoms with Crippen LogP contribution in [0.4, 0.5) is 13.2 Å². The number of sulfone groups is 1. The molecule has 1 fully saturated rings. The molecule has 0 unspecified atom stereocenters. The lowest BCUT2D eigenvalue weighted by Gasteiger charge is -2.25. The van der Waals surface area contributed by atoms with Crippen molar-refractivity contribution in [3.8, 4) is 0 Å². The van der Waals surface area contributed by atoms with Gasteiger partial charge < -0.3 is 5.32 Å². The minimum absolute atomic E-state index is 0.0616. The molecule has 1 aliphatic rings. The number of nitrogens with one attached hydrogen (secondary N) is 1. The van der Waals surface area contributed by atoms with Crippen molar-refractivity contribution in [2.45, 2.75) is 6.18 Å². The lowest BCUT2D eigenvalue weighted by molar-refractivity contribution is -0.137. The third-order valence-electron chi connectivity index (χ3n) is 3.21. The van der Waals surface area contributed by atoms with Crippen molar-refractivity contribution in [2.24, 2.45) is 5.92 Å². The van der Waals surface area contributed by atoms with Crippen LogP contribution in [-0.2, 0) is 20.8 Å². The maximum Gasteiger partial charge on any atom is 0.416 e. The first-order valence-corrected chi connectivity index (χ1v) is 8.31. The summed E-state index contributed by atoms with van der Waals surface area (Å²) in [6, 6.07) is 4.42. The van der Waals surface area contributed by atoms with Gasteiger partial charge in [0.1, 0.15) is 0 Å². The van der Waals surface area contributed by atoms with Gasteiger partial charge in [0.15, 0.2) is 9.84 Å². The normalized spacial score (nSPS) is 18.1. The van der Waals surface area contributed by atoms with E-state index in [4.69, 9.17) is 0 Å². The Kier molecular flexibility index (Phi) is 4.60. The highest BCUT2D eigenvalue weighted by Crippen LogP contribution is 2.29. The monoisotopic (exact) mass is 333 g/mol. The van der Waals surface area contributed by atoms with Crippen LogP contribution >= 0.6 is 0 Å². The van der Waals surface area contributed by atoms with Gasteiger partial charge in [0.2, 0.25) is 5.91 Å². The molecule has 1 saturated heterocycles. The molecule has 1 aliphatic heterocycles. The number of hydrogen-bond donors (Lipinski definition) is 1. The molecule has 0 aliphatic carbocycles. The predicted octanol–water partition coefficient (Wildman–Crippen LogP) is 1.88. The van der Waals surface area contributed by atoms with Crippen LogP contribution < -0.4 is 5.32 Å². The molecule has 22 heavy (non-hydrogen) atoms. The summed E-state index contributed by atoms with van der Waals surface area (Å²) < 4.78 is 59.0. The molecule has 8 heteroatoms. The summed E-state index contributed by atoms with van der Waals surface area (Å²) in [6.45, 7) is 0.273. The summed E-state index contributed by atoms with van der Waals surface area (Å²) in [5, 5.41) is 2.56. The number of rotatable bonds is 4. The fraction of sp³-hybridized carbons (Fsp3) is 0.357. The van der Waals surface area contributed by atoms with E-state index in [9.17, 15) is 26.4 Å². The molecule has 1 heterocycles. The highest BCUT2D eigenvalue weighted by molar-refractivity contribution is 7.92. The van der Waals surface area contributed by atoms with E-state index in [1.165, 1.54) is 24.3 Å². The number of carbonyl (C=O) groups is 1. The Morgan fingerprint density at radius 1 is 1.23 bits per heavy atom. The molecule has 0 aromatic heterocycles. The summed E-state index contributed by atoms with van der Waals surface area (Å²) >= 11 is 0. The van der Waals surface area contributed by atoms with Gasteiger partial charge in [-0.15, -0.1) is 0 Å². The van der Waals surface area contributed by atoms with Gasteiger partial charge in [-0.05, 0) is 23.8 Å². The van der Waals surface area contributed by atoms with Gasteiger partial charge in [-0.1, -0.05) is 12.1 Å². The van der Waals surface area contributed by atoms with Crippen LogP contribution in [0.15, 0.2) is 30.3 Å². The average Bonchev–Trinajstić information content (AvgIpc) is 2.40. The second-order valence-corrected chi connectivity index (χ2v) is 7.29. The molecule has 0 saturated carbocycles. The third kappa shape index (κ3) is 4.59. The second-order valence-electron chi connectivity index (χ2n) is 5.14. The van der Waals surface area contributed by atoms with E-state index >= 15 is 0 Å². The van der Waals surface area contributed by atoms with Crippen molar-refractivity contribution in [1.29, 1.82) is 0 Å². The second kappa shape index (κ2) is 6.12. The Morgan fingerprint density at radius 3 is 2.32 bits per heavy atom. The molecule has 1 N–H and O–H groups in total. The zero-order chi connectivity index (χ0) is 16.4. The molecule has 0 spiro atoms. The van der Waals surface area contributed by atoms with Gasteiger partial charge in [0.25, 0.3) is 0 Å². The Labute approximate surface area is 125 Å². The Balaban J connectivity index is 1.82. The van der Waals surface area contributed by atoms with E-state index in [-0.39, 0.29) is 24.0 Å². The number of alkyl halides is 3. The highest BCUT2D eigenvalue weighted by atomic mass is 32.2. The van der Waals surface area contributed by atoms with Gasteiger partial charge in [-0.3, -0.25) is 4.79 Å². The molecule has 2 rings (SSSR count). The van der Waals surface area contributed by atoms with Crippen molar-refractivity contribution in [3.63, 3.8) is 0 Å². The first-order chi connectivity index (χ1) is 10.2. The van der Waals surface area contributed by atoms with Crippen LogP contribution in [0.1, 0.15) is 11.1 Å². The fourth-order valence-corrected chi connectivity index (χ4v) is 3.62. The summed E-state index contributed by atoms with van der Waals surface area (Å²) in [5.74, 6) is -0.316. The van der Waals surface area contributed by atoms with Crippen molar-refractivity contribution in [2.75, 3.05) is 18.1 Å². The van der Waals surface area contributed by atoms with Crippen molar-refractivity contribution in [1.82, 2.24) is 5.32 Å². The first kappa shape index (κ1) is 16.5. The summed E-state index contributed by atoms with van der Waals surface area (Å²) in [7, 11) is -2.91. The Hall–Kier alpha value is -1.83. The van der Waals surface area contributed by atoms with E-state index < -0.39 is 27.5 Å². The molecule has 120 valence electrons. The van der Waals surface area contributed by atoms with Crippen molar-refractivity contribution >= 4 is 21.8 Å². The van der Waals surface area contributed by atoms with Gasteiger partial charge in [-0.25, -0.2) is 8.42 Å². The number of carbonyl (C=O) groups excluding carboxylic acids is 1. The smallest absolute Gasteiger partial charge is 0.352 e. The Bertz CT molecular complexity index is 666. The largest absolute Gasteiger partial charge is 0.416 e. The SMILES string of the molecule is O=C(/C=C/c1ccc(C(F)(F)F)cc1)NCC1CS(=O)(=O)C1. The minimum Gasteiger partial charge on any atom is -0.352 e. The maximum atomic E-state index is 12.4. The van der Waals surface area contributed by atoms with Crippen LogP contribution in [0.3, 0.4) is 0 Å². The van der Waals surface area contributed by atoms with Crippen LogP contribution in [0.2, 0.25) is 0 Å². The van der Waals surface area contributed by atoms with Gasteiger partial charge in [0.05, 0.1) is 17.1 Å². The molecule has 0 atom stereocenters. The molecule has 1 aromatic carbocycles. The van der Waals surface area contributed by atoms with E-state index in [1.807, 2.05) is 0 Å². The predicted molar refractivity (Wildman–Crippen MR) is 75.6 cm³/mol. The fourth-order valence-electron chi connectivity index (χ4n) is 2.05. The van der Waals surface area contributed by atoms with Crippen molar-refractivity contribution < 1.29 is 26.4 Å². The van der Waals surface area contributed by atoms with E-state index in [0.717, 1.165) is 12.1 Å². The van der Waals surface area contributed by atoms with Gasteiger partial charge in [-0.2, -0.15) is 13.2 Å². The summed E-state index contributed by atoms with van der Waals surface area (Å²) in [5.41, 5.74) is -0.283. The number of amides is 1. The van der Waals surface area contributed by atoms with Crippen LogP contribution in [0, 0.1) is 5.92 Å². The number of hydrogen-bond acceptors (Lipinski definition) is 3. The van der Waals surface area contributed by atoms with Crippen molar-refractivity contribution in [3.05, 3.63) is 41.5 Å². The molecular weight excluding hydrogens is 319 g/mol. The summed E-state index contributed by atoms with van der Waals surface area (Å²) in [6.07, 6.45) is -1.79. The third-order valence-corrected chi connectivity index (χ3v) is 5.17. The van der Waals surface area contributed by atoms with E-state index in [1.54, 1.807) is 0 Å². The molecule has 0 bridgehead atoms. The molecular formula is C14H14F3NO3S. The maximum absolute atomic E-state index is 12.4. The lowest BCUT2D eigenvalue weighted by Crippen LogP contribution is -2.43. The standard InChI is InChI=1S/C14H14F3NO3S/c15-14(16,17)12-4-1-10(2-5-12)3-6-13(19)18-7-11-8-22(20,21)9-11/h1-6,11H,7-9H2,(H,18,19)/b6-3+. The zero-order valence-corrected chi connectivity index (χ0v) is 12.2. The van der Waals surface area contributed by atoms with Crippen LogP contribution in [0.25, 0.3) is 6.08 Å². The molecule has 0 radical (unpaired) electrons. The van der Waals surface area contributed by atoms with Gasteiger partial charge >= 0.3 is 6.18 Å². The molecule has 1 amide bonds. The first-order valence-electron chi connectivity index (χ1n) is 6.49. The zero-order valence-electron chi connectivity index (χ0n) is 11.4. The minimum atomic E-state index is -4.39. The van der Waals surface area contributed by atoms with E-state index in [2.05, 4.69) is 5.32 Å². The summed E-state index contributed by atoms with van der Waals surface area (Å²) in [4.78, 5) is 11.5. The lowest BCUT2D eigenvalue weighted by atomic mass is 10.1. The van der Waals surface area contributed by atoms with E-state index in [0.29, 0.717) is 5.56 Å². The number of benzene rings is 1. The molecule has 1 aromatic rings. The van der Waals surface area contributed by atoms with Crippen LogP contribution in [-0.4, -0.2) is 32.4 Å². The quantitative estimate of drug-likeness (QED) is 0.856. The topological polar surface area (TPSA) is 63.2 Å². The highest BCUT2D eigenvalue weighted by Gasteiger charge is 2.33. The molecule has 4 nitrogen and oxygen atoms in total. The average molecular weight is 333 g/mol.